The number of benzene rings is 1. The molecule has 0 radical (unpaired) electrons. The summed E-state index contributed by atoms with van der Waals surface area (Å²) in [5.41, 5.74) is 6.40. The van der Waals surface area contributed by atoms with Crippen molar-refractivity contribution in [2.45, 2.75) is 38.8 Å². The molecule has 4 heteroatoms. The largest absolute Gasteiger partial charge is 0.491 e. The van der Waals surface area contributed by atoms with Gasteiger partial charge in [-0.2, -0.15) is 0 Å². The van der Waals surface area contributed by atoms with E-state index >= 15 is 0 Å². The van der Waals surface area contributed by atoms with Gasteiger partial charge in [0.05, 0.1) is 12.1 Å². The average Bonchev–Trinajstić information content (AvgIpc) is 2.59. The average molecular weight is 262 g/mol. The number of carbonyl (C=O) groups is 1. The molecule has 1 aromatic carbocycles. The van der Waals surface area contributed by atoms with E-state index in [9.17, 15) is 4.79 Å². The molecule has 1 unspecified atom stereocenters. The van der Waals surface area contributed by atoms with Crippen molar-refractivity contribution in [3.63, 3.8) is 0 Å². The molecule has 1 aliphatic rings. The van der Waals surface area contributed by atoms with Gasteiger partial charge in [-0.15, -0.1) is 0 Å². The number of nitrogens with zero attached hydrogens (tertiary/aromatic N) is 1. The number of hydrogen-bond donors (Lipinski definition) is 1. The van der Waals surface area contributed by atoms with Crippen LogP contribution in [-0.2, 0) is 11.3 Å². The van der Waals surface area contributed by atoms with E-state index in [2.05, 4.69) is 0 Å². The number of ether oxygens (including phenoxy) is 1. The standard InChI is InChI=1S/C15H22N2O2/c1-3-8-15(2,16)14(18)17-9-10-19-13-7-5-4-6-12(13)11-17/h4-7H,3,8-11,16H2,1-2H3. The number of rotatable bonds is 3. The van der Waals surface area contributed by atoms with Gasteiger partial charge in [0, 0.05) is 12.1 Å². The summed E-state index contributed by atoms with van der Waals surface area (Å²) >= 11 is 0. The predicted molar refractivity (Wildman–Crippen MR) is 74.9 cm³/mol. The molecule has 0 aromatic heterocycles. The molecule has 0 aliphatic carbocycles. The molecule has 0 fully saturated rings. The molecule has 1 aromatic rings. The normalized spacial score (nSPS) is 17.9. The Morgan fingerprint density at radius 3 is 2.95 bits per heavy atom. The molecule has 2 rings (SSSR count). The molecular formula is C15H22N2O2. The highest BCUT2D eigenvalue weighted by atomic mass is 16.5. The first kappa shape index (κ1) is 13.9. The molecule has 1 aliphatic heterocycles. The lowest BCUT2D eigenvalue weighted by molar-refractivity contribution is -0.137. The third-order valence-electron chi connectivity index (χ3n) is 3.50. The van der Waals surface area contributed by atoms with Gasteiger partial charge in [0.2, 0.25) is 5.91 Å². The van der Waals surface area contributed by atoms with Crippen LogP contribution in [0.2, 0.25) is 0 Å². The van der Waals surface area contributed by atoms with Gasteiger partial charge >= 0.3 is 0 Å². The molecule has 2 N–H and O–H groups in total. The Bertz CT molecular complexity index is 457. The van der Waals surface area contributed by atoms with E-state index < -0.39 is 5.54 Å². The fourth-order valence-electron chi connectivity index (χ4n) is 2.49. The second-order valence-corrected chi connectivity index (χ2v) is 5.35. The second-order valence-electron chi connectivity index (χ2n) is 5.35. The summed E-state index contributed by atoms with van der Waals surface area (Å²) in [7, 11) is 0. The van der Waals surface area contributed by atoms with Crippen LogP contribution in [0.1, 0.15) is 32.3 Å². The Kier molecular flexibility index (Phi) is 4.10. The van der Waals surface area contributed by atoms with Gasteiger partial charge in [0.15, 0.2) is 0 Å². The molecule has 1 heterocycles. The number of nitrogens with two attached hydrogens (primary N) is 1. The van der Waals surface area contributed by atoms with E-state index in [0.29, 0.717) is 26.1 Å². The van der Waals surface area contributed by atoms with E-state index in [1.807, 2.05) is 43.0 Å². The van der Waals surface area contributed by atoms with E-state index in [1.165, 1.54) is 0 Å². The van der Waals surface area contributed by atoms with Crippen LogP contribution in [0.5, 0.6) is 5.75 Å². The maximum Gasteiger partial charge on any atom is 0.242 e. The lowest BCUT2D eigenvalue weighted by Crippen LogP contribution is -2.53. The Morgan fingerprint density at radius 2 is 2.21 bits per heavy atom. The van der Waals surface area contributed by atoms with Crippen molar-refractivity contribution in [3.05, 3.63) is 29.8 Å². The third-order valence-corrected chi connectivity index (χ3v) is 3.50. The van der Waals surface area contributed by atoms with Crippen LogP contribution < -0.4 is 10.5 Å². The van der Waals surface area contributed by atoms with Crippen molar-refractivity contribution in [1.82, 2.24) is 4.90 Å². The molecule has 104 valence electrons. The topological polar surface area (TPSA) is 55.6 Å². The van der Waals surface area contributed by atoms with Gasteiger partial charge < -0.3 is 15.4 Å². The summed E-state index contributed by atoms with van der Waals surface area (Å²) in [6, 6.07) is 7.84. The highest BCUT2D eigenvalue weighted by Crippen LogP contribution is 2.24. The lowest BCUT2D eigenvalue weighted by Gasteiger charge is -2.30. The van der Waals surface area contributed by atoms with Crippen LogP contribution in [0.15, 0.2) is 24.3 Å². The van der Waals surface area contributed by atoms with Crippen molar-refractivity contribution in [3.8, 4) is 5.75 Å². The van der Waals surface area contributed by atoms with Crippen molar-refractivity contribution in [2.24, 2.45) is 5.73 Å². The highest BCUT2D eigenvalue weighted by Gasteiger charge is 2.32. The Labute approximate surface area is 114 Å². The minimum Gasteiger partial charge on any atom is -0.491 e. The fourth-order valence-corrected chi connectivity index (χ4v) is 2.49. The van der Waals surface area contributed by atoms with Crippen LogP contribution in [0.3, 0.4) is 0 Å². The van der Waals surface area contributed by atoms with Crippen molar-refractivity contribution in [2.75, 3.05) is 13.2 Å². The zero-order chi connectivity index (χ0) is 13.9. The smallest absolute Gasteiger partial charge is 0.242 e. The summed E-state index contributed by atoms with van der Waals surface area (Å²) < 4.78 is 5.67. The quantitative estimate of drug-likeness (QED) is 0.905. The van der Waals surface area contributed by atoms with Crippen LogP contribution in [0, 0.1) is 0 Å². The van der Waals surface area contributed by atoms with E-state index in [-0.39, 0.29) is 5.91 Å². The minimum absolute atomic E-state index is 0.00894. The first-order valence-corrected chi connectivity index (χ1v) is 6.83. The second kappa shape index (κ2) is 5.61. The monoisotopic (exact) mass is 262 g/mol. The van der Waals surface area contributed by atoms with E-state index in [1.54, 1.807) is 0 Å². The summed E-state index contributed by atoms with van der Waals surface area (Å²) in [5, 5.41) is 0. The minimum atomic E-state index is -0.784. The number of carbonyl (C=O) groups excluding carboxylic acids is 1. The molecule has 0 saturated carbocycles. The molecule has 1 amide bonds. The molecular weight excluding hydrogens is 240 g/mol. The van der Waals surface area contributed by atoms with Gasteiger partial charge in [0.1, 0.15) is 12.4 Å². The van der Waals surface area contributed by atoms with Gasteiger partial charge in [0.25, 0.3) is 0 Å². The molecule has 0 bridgehead atoms. The van der Waals surface area contributed by atoms with Crippen LogP contribution in [0.25, 0.3) is 0 Å². The van der Waals surface area contributed by atoms with Gasteiger partial charge in [-0.1, -0.05) is 31.5 Å². The van der Waals surface area contributed by atoms with Crippen LogP contribution >= 0.6 is 0 Å². The SMILES string of the molecule is CCCC(C)(N)C(=O)N1CCOc2ccccc2C1. The Balaban J connectivity index is 2.16. The number of hydrogen-bond acceptors (Lipinski definition) is 3. The summed E-state index contributed by atoms with van der Waals surface area (Å²) in [6.07, 6.45) is 1.60. The predicted octanol–water partition coefficient (Wildman–Crippen LogP) is 1.93. The maximum absolute atomic E-state index is 12.5. The summed E-state index contributed by atoms with van der Waals surface area (Å²) in [5.74, 6) is 0.877. The zero-order valence-corrected chi connectivity index (χ0v) is 11.7. The van der Waals surface area contributed by atoms with E-state index in [4.69, 9.17) is 10.5 Å². The van der Waals surface area contributed by atoms with Gasteiger partial charge in [-0.05, 0) is 19.4 Å². The first-order chi connectivity index (χ1) is 9.04. The van der Waals surface area contributed by atoms with Crippen molar-refractivity contribution < 1.29 is 9.53 Å². The first-order valence-electron chi connectivity index (χ1n) is 6.83. The van der Waals surface area contributed by atoms with Crippen LogP contribution in [0.4, 0.5) is 0 Å². The Hall–Kier alpha value is -1.55. The maximum atomic E-state index is 12.5. The number of amides is 1. The lowest BCUT2D eigenvalue weighted by atomic mass is 9.95. The summed E-state index contributed by atoms with van der Waals surface area (Å²) in [6.45, 7) is 5.54. The number of fused-ring (bicyclic) bond motifs is 1. The highest BCUT2D eigenvalue weighted by molar-refractivity contribution is 5.85. The summed E-state index contributed by atoms with van der Waals surface area (Å²) in [4.78, 5) is 14.3. The molecule has 1 atom stereocenters. The molecule has 19 heavy (non-hydrogen) atoms. The van der Waals surface area contributed by atoms with Gasteiger partial charge in [-0.25, -0.2) is 0 Å². The molecule has 0 saturated heterocycles. The Morgan fingerprint density at radius 1 is 1.47 bits per heavy atom. The van der Waals surface area contributed by atoms with Crippen molar-refractivity contribution >= 4 is 5.91 Å². The van der Waals surface area contributed by atoms with Crippen LogP contribution in [-0.4, -0.2) is 29.5 Å². The third kappa shape index (κ3) is 3.07. The van der Waals surface area contributed by atoms with Gasteiger partial charge in [-0.3, -0.25) is 4.79 Å². The van der Waals surface area contributed by atoms with Crippen molar-refractivity contribution in [1.29, 1.82) is 0 Å². The zero-order valence-electron chi connectivity index (χ0n) is 11.7. The fraction of sp³-hybridized carbons (Fsp3) is 0.533. The van der Waals surface area contributed by atoms with E-state index in [0.717, 1.165) is 17.7 Å². The molecule has 4 nitrogen and oxygen atoms in total. The molecule has 0 spiro atoms. The number of para-hydroxylation sites is 1.